The van der Waals surface area contributed by atoms with Gasteiger partial charge >= 0.3 is 0 Å². The number of nitrogens with two attached hydrogens (primary N) is 1. The van der Waals surface area contributed by atoms with Crippen molar-refractivity contribution in [3.05, 3.63) is 59.4 Å². The van der Waals surface area contributed by atoms with E-state index in [2.05, 4.69) is 25.2 Å². The van der Waals surface area contributed by atoms with Crippen molar-refractivity contribution in [3.63, 3.8) is 0 Å². The predicted molar refractivity (Wildman–Crippen MR) is 121 cm³/mol. The van der Waals surface area contributed by atoms with Gasteiger partial charge in [-0.15, -0.1) is 0 Å². The minimum atomic E-state index is -3.46. The Morgan fingerprint density at radius 2 is 1.90 bits per heavy atom. The van der Waals surface area contributed by atoms with Gasteiger partial charge in [0, 0.05) is 32.0 Å². The molecule has 0 fully saturated rings. The van der Waals surface area contributed by atoms with Gasteiger partial charge in [0.2, 0.25) is 21.9 Å². The van der Waals surface area contributed by atoms with Crippen molar-refractivity contribution in [2.75, 3.05) is 36.6 Å². The summed E-state index contributed by atoms with van der Waals surface area (Å²) < 4.78 is 26.1. The number of benzene rings is 2. The molecule has 0 unspecified atom stereocenters. The number of para-hydroxylation sites is 1. The van der Waals surface area contributed by atoms with Gasteiger partial charge in [-0.25, -0.2) is 12.7 Å². The van der Waals surface area contributed by atoms with E-state index in [4.69, 9.17) is 5.73 Å². The minimum Gasteiger partial charge on any atom is -0.368 e. The first-order valence-electron chi connectivity index (χ1n) is 9.87. The maximum atomic E-state index is 12.4. The molecule has 31 heavy (non-hydrogen) atoms. The molecule has 3 N–H and O–H groups in total. The molecule has 0 spiro atoms. The molecule has 4 rings (SSSR count). The van der Waals surface area contributed by atoms with Gasteiger partial charge < -0.3 is 16.0 Å². The van der Waals surface area contributed by atoms with E-state index in [1.54, 1.807) is 12.1 Å². The smallest absolute Gasteiger partial charge is 0.242 e. The monoisotopic (exact) mass is 439 g/mol. The van der Waals surface area contributed by atoms with Crippen molar-refractivity contribution in [3.8, 4) is 0 Å². The van der Waals surface area contributed by atoms with E-state index in [1.807, 2.05) is 37.3 Å². The van der Waals surface area contributed by atoms with Crippen molar-refractivity contribution in [2.45, 2.75) is 24.8 Å². The molecule has 2 heterocycles. The number of aryl methyl sites for hydroxylation is 1. The zero-order valence-electron chi connectivity index (χ0n) is 17.7. The summed E-state index contributed by atoms with van der Waals surface area (Å²) in [6.45, 7) is 3.19. The molecule has 10 heteroatoms. The van der Waals surface area contributed by atoms with Crippen molar-refractivity contribution in [2.24, 2.45) is 0 Å². The van der Waals surface area contributed by atoms with Crippen LogP contribution in [-0.4, -0.2) is 48.3 Å². The Balaban J connectivity index is 1.56. The molecule has 0 aliphatic carbocycles. The fourth-order valence-electron chi connectivity index (χ4n) is 3.55. The molecule has 0 bridgehead atoms. The molecule has 2 aromatic carbocycles. The quantitative estimate of drug-likeness (QED) is 0.601. The summed E-state index contributed by atoms with van der Waals surface area (Å²) in [6, 6.07) is 13.1. The molecule has 0 amide bonds. The standard InChI is InChI=1S/C21H25N7O2S/c1-14-6-4-5-7-17(14)23-21-25-19(24-20(22)26-21)13-28-11-10-15-12-16(8-9-18(15)28)31(29,30)27(2)3/h4-9,12H,10-11,13H2,1-3H3,(H3,22,23,24,25,26). The van der Waals surface area contributed by atoms with Gasteiger partial charge in [0.1, 0.15) is 0 Å². The van der Waals surface area contributed by atoms with Crippen LogP contribution in [0.4, 0.5) is 23.3 Å². The van der Waals surface area contributed by atoms with Gasteiger partial charge in [-0.1, -0.05) is 18.2 Å². The van der Waals surface area contributed by atoms with Crippen molar-refractivity contribution < 1.29 is 8.42 Å². The zero-order chi connectivity index (χ0) is 22.2. The predicted octanol–water partition coefficient (Wildman–Crippen LogP) is 2.32. The molecule has 1 aromatic heterocycles. The third-order valence-electron chi connectivity index (χ3n) is 5.24. The third kappa shape index (κ3) is 4.30. The summed E-state index contributed by atoms with van der Waals surface area (Å²) in [7, 11) is -0.402. The molecule has 0 saturated heterocycles. The lowest BCUT2D eigenvalue weighted by molar-refractivity contribution is 0.520. The molecule has 0 atom stereocenters. The van der Waals surface area contributed by atoms with Crippen LogP contribution in [-0.2, 0) is 23.0 Å². The number of nitrogen functional groups attached to an aromatic ring is 1. The summed E-state index contributed by atoms with van der Waals surface area (Å²) in [5.74, 6) is 1.08. The number of sulfonamides is 1. The average molecular weight is 440 g/mol. The highest BCUT2D eigenvalue weighted by atomic mass is 32.2. The molecular formula is C21H25N7O2S. The van der Waals surface area contributed by atoms with Crippen LogP contribution < -0.4 is 16.0 Å². The number of nitrogens with one attached hydrogen (secondary N) is 1. The van der Waals surface area contributed by atoms with Crippen molar-refractivity contribution >= 4 is 33.3 Å². The van der Waals surface area contributed by atoms with Gasteiger partial charge in [0.25, 0.3) is 0 Å². The normalized spacial score (nSPS) is 13.5. The first kappa shape index (κ1) is 21.0. The summed E-state index contributed by atoms with van der Waals surface area (Å²) in [5.41, 5.74) is 9.86. The van der Waals surface area contributed by atoms with Gasteiger partial charge in [-0.2, -0.15) is 15.0 Å². The van der Waals surface area contributed by atoms with Crippen LogP contribution in [0.3, 0.4) is 0 Å². The second-order valence-electron chi connectivity index (χ2n) is 7.62. The summed E-state index contributed by atoms with van der Waals surface area (Å²) >= 11 is 0. The van der Waals surface area contributed by atoms with Crippen molar-refractivity contribution in [1.82, 2.24) is 19.3 Å². The lowest BCUT2D eigenvalue weighted by Gasteiger charge is -2.19. The van der Waals surface area contributed by atoms with Crippen LogP contribution in [0.25, 0.3) is 0 Å². The summed E-state index contributed by atoms with van der Waals surface area (Å²) in [6.07, 6.45) is 0.751. The van der Waals surface area contributed by atoms with Crippen molar-refractivity contribution in [1.29, 1.82) is 0 Å². The fourth-order valence-corrected chi connectivity index (χ4v) is 4.50. The third-order valence-corrected chi connectivity index (χ3v) is 7.06. The molecule has 3 aromatic rings. The second kappa shape index (κ2) is 8.12. The highest BCUT2D eigenvalue weighted by molar-refractivity contribution is 7.89. The summed E-state index contributed by atoms with van der Waals surface area (Å²) in [4.78, 5) is 15.4. The van der Waals surface area contributed by atoms with E-state index >= 15 is 0 Å². The number of fused-ring (bicyclic) bond motifs is 1. The molecular weight excluding hydrogens is 414 g/mol. The molecule has 0 radical (unpaired) electrons. The van der Waals surface area contributed by atoms with Crippen LogP contribution in [0.15, 0.2) is 47.4 Å². The SMILES string of the molecule is Cc1ccccc1Nc1nc(N)nc(CN2CCc3cc(S(=O)(=O)N(C)C)ccc32)n1. The number of rotatable bonds is 6. The molecule has 0 saturated carbocycles. The highest BCUT2D eigenvalue weighted by Gasteiger charge is 2.24. The van der Waals surface area contributed by atoms with E-state index in [0.29, 0.717) is 23.2 Å². The van der Waals surface area contributed by atoms with Gasteiger partial charge in [0.15, 0.2) is 5.82 Å². The Bertz CT molecular complexity index is 1230. The maximum absolute atomic E-state index is 12.4. The maximum Gasteiger partial charge on any atom is 0.242 e. The topological polar surface area (TPSA) is 117 Å². The van der Waals surface area contributed by atoms with Crippen LogP contribution in [0.2, 0.25) is 0 Å². The fraction of sp³-hybridized carbons (Fsp3) is 0.286. The second-order valence-corrected chi connectivity index (χ2v) is 9.77. The Hall–Kier alpha value is -3.24. The van der Waals surface area contributed by atoms with Crippen LogP contribution in [0.5, 0.6) is 0 Å². The minimum absolute atomic E-state index is 0.146. The van der Waals surface area contributed by atoms with Crippen LogP contribution in [0, 0.1) is 6.92 Å². The van der Waals surface area contributed by atoms with Crippen LogP contribution >= 0.6 is 0 Å². The van der Waals surface area contributed by atoms with Gasteiger partial charge in [-0.05, 0) is 48.7 Å². The molecule has 162 valence electrons. The molecule has 1 aliphatic heterocycles. The Labute approximate surface area is 182 Å². The van der Waals surface area contributed by atoms with Gasteiger partial charge in [0.05, 0.1) is 11.4 Å². The number of hydrogen-bond acceptors (Lipinski definition) is 8. The van der Waals surface area contributed by atoms with Gasteiger partial charge in [-0.3, -0.25) is 0 Å². The largest absolute Gasteiger partial charge is 0.368 e. The number of nitrogens with zero attached hydrogens (tertiary/aromatic N) is 5. The number of hydrogen-bond donors (Lipinski definition) is 2. The Morgan fingerprint density at radius 3 is 2.65 bits per heavy atom. The van der Waals surface area contributed by atoms with E-state index in [0.717, 1.165) is 35.5 Å². The Kier molecular flexibility index (Phi) is 5.50. The lowest BCUT2D eigenvalue weighted by atomic mass is 10.2. The lowest BCUT2D eigenvalue weighted by Crippen LogP contribution is -2.23. The van der Waals surface area contributed by atoms with E-state index < -0.39 is 10.0 Å². The van der Waals surface area contributed by atoms with E-state index in [-0.39, 0.29) is 5.95 Å². The number of aromatic nitrogens is 3. The Morgan fingerprint density at radius 1 is 1.13 bits per heavy atom. The number of anilines is 4. The first-order valence-corrected chi connectivity index (χ1v) is 11.3. The highest BCUT2D eigenvalue weighted by Crippen LogP contribution is 2.31. The average Bonchev–Trinajstić information content (AvgIpc) is 3.11. The zero-order valence-corrected chi connectivity index (χ0v) is 18.5. The van der Waals surface area contributed by atoms with E-state index in [1.165, 1.54) is 18.4 Å². The first-order chi connectivity index (χ1) is 14.7. The van der Waals surface area contributed by atoms with E-state index in [9.17, 15) is 8.42 Å². The molecule has 9 nitrogen and oxygen atoms in total. The van der Waals surface area contributed by atoms with Crippen LogP contribution in [0.1, 0.15) is 17.0 Å². The molecule has 1 aliphatic rings. The summed E-state index contributed by atoms with van der Waals surface area (Å²) in [5, 5.41) is 3.20.